The van der Waals surface area contributed by atoms with Crippen molar-refractivity contribution >= 4 is 29.1 Å². The SMILES string of the molecule is C[C@H](N)c1ccccc1.C[C@H]1C[C@H](C)Oc2cccc(P)c2-c2c(P)cccc2O1.[Ar].[Ar].[Ar].[Ar]. The maximum Gasteiger partial charge on any atom is 0.128 e. The quantitative estimate of drug-likeness (QED) is 0.401. The van der Waals surface area contributed by atoms with Gasteiger partial charge in [-0.3, -0.25) is 0 Å². The van der Waals surface area contributed by atoms with Crippen molar-refractivity contribution in [3.63, 3.8) is 0 Å². The van der Waals surface area contributed by atoms with Gasteiger partial charge in [-0.25, -0.2) is 0 Å². The molecule has 0 radical (unpaired) electrons. The molecule has 3 aromatic carbocycles. The van der Waals surface area contributed by atoms with Crippen LogP contribution < -0.4 is 25.8 Å². The number of benzene rings is 3. The molecule has 1 aliphatic rings. The number of ether oxygens (including phenoxy) is 2. The van der Waals surface area contributed by atoms with Crippen LogP contribution in [0.3, 0.4) is 0 Å². The Morgan fingerprint density at radius 3 is 1.47 bits per heavy atom. The molecule has 3 nitrogen and oxygen atoms in total. The van der Waals surface area contributed by atoms with E-state index in [2.05, 4.69) is 44.5 Å². The van der Waals surface area contributed by atoms with Crippen molar-refractivity contribution in [3.8, 4) is 22.6 Å². The van der Waals surface area contributed by atoms with Crippen LogP contribution in [-0.2, 0) is 0 Å². The Kier molecular flexibility index (Phi) is 23.2. The number of fused-ring (bicyclic) bond motifs is 3. The fourth-order valence-electron chi connectivity index (χ4n) is 3.58. The molecule has 4 rings (SSSR count). The summed E-state index contributed by atoms with van der Waals surface area (Å²) in [5, 5.41) is 2.24. The molecule has 0 saturated carbocycles. The normalized spacial score (nSPS) is 16.4. The van der Waals surface area contributed by atoms with Crippen molar-refractivity contribution in [2.75, 3.05) is 0 Å². The molecule has 9 heteroatoms. The van der Waals surface area contributed by atoms with Gasteiger partial charge in [0.15, 0.2) is 0 Å². The van der Waals surface area contributed by atoms with E-state index in [0.29, 0.717) is 0 Å². The van der Waals surface area contributed by atoms with E-state index in [0.717, 1.165) is 39.7 Å². The molecule has 190 valence electrons. The molecule has 5 atom stereocenters. The van der Waals surface area contributed by atoms with Crippen LogP contribution in [0.15, 0.2) is 66.7 Å². The Labute approximate surface area is 329 Å². The molecule has 0 bridgehead atoms. The van der Waals surface area contributed by atoms with Crippen molar-refractivity contribution in [3.05, 3.63) is 72.3 Å². The molecule has 3 aromatic rings. The van der Waals surface area contributed by atoms with E-state index < -0.39 is 0 Å². The van der Waals surface area contributed by atoms with Crippen LogP contribution in [0.5, 0.6) is 11.5 Å². The monoisotopic (exact) mass is 599 g/mol. The van der Waals surface area contributed by atoms with Gasteiger partial charge in [-0.1, -0.05) is 54.6 Å². The van der Waals surface area contributed by atoms with Gasteiger partial charge in [-0.05, 0) is 49.1 Å². The van der Waals surface area contributed by atoms with Crippen molar-refractivity contribution < 1.29 is 160 Å². The Bertz CT molecular complexity index is 936. The van der Waals surface area contributed by atoms with E-state index in [-0.39, 0.29) is 169 Å². The van der Waals surface area contributed by atoms with Gasteiger partial charge in [-0.2, -0.15) is 0 Å². The first-order chi connectivity index (χ1) is 14.4. The summed E-state index contributed by atoms with van der Waals surface area (Å²) in [5.41, 5.74) is 9.01. The summed E-state index contributed by atoms with van der Waals surface area (Å²) in [5.74, 6) is 1.84. The maximum absolute atomic E-state index is 6.18. The van der Waals surface area contributed by atoms with E-state index in [9.17, 15) is 0 Å². The summed E-state index contributed by atoms with van der Waals surface area (Å²) in [7, 11) is 5.61. The maximum atomic E-state index is 6.18. The minimum atomic E-state index is 0. The third kappa shape index (κ3) is 11.7. The van der Waals surface area contributed by atoms with Gasteiger partial charge in [0.2, 0.25) is 0 Å². The summed E-state index contributed by atoms with van der Waals surface area (Å²) < 4.78 is 12.4. The van der Waals surface area contributed by atoms with Gasteiger partial charge >= 0.3 is 0 Å². The summed E-state index contributed by atoms with van der Waals surface area (Å²) >= 11 is 0. The van der Waals surface area contributed by atoms with Gasteiger partial charge in [0, 0.05) is 175 Å². The van der Waals surface area contributed by atoms with Crippen LogP contribution in [0.1, 0.15) is 38.8 Å². The van der Waals surface area contributed by atoms with Gasteiger partial charge in [0.1, 0.15) is 11.5 Å². The molecular formula is C25H31Ar4NO2P2. The minimum Gasteiger partial charge on any atom is -0.490 e. The van der Waals surface area contributed by atoms with Crippen LogP contribution >= 0.6 is 18.5 Å². The first-order valence-corrected chi connectivity index (χ1v) is 11.4. The Morgan fingerprint density at radius 1 is 0.706 bits per heavy atom. The molecule has 0 fully saturated rings. The first-order valence-electron chi connectivity index (χ1n) is 10.3. The fourth-order valence-corrected chi connectivity index (χ4v) is 4.38. The third-order valence-electron chi connectivity index (χ3n) is 5.01. The van der Waals surface area contributed by atoms with E-state index in [1.807, 2.05) is 61.5 Å². The zero-order valence-corrected chi connectivity index (χ0v) is 24.4. The number of hydrogen-bond donors (Lipinski definition) is 1. The predicted molar refractivity (Wildman–Crippen MR) is 134 cm³/mol. The van der Waals surface area contributed by atoms with Gasteiger partial charge in [-0.15, -0.1) is 18.5 Å². The second kappa shape index (κ2) is 20.1. The largest absolute Gasteiger partial charge is 0.490 e. The Hall–Kier alpha value is 3.12. The van der Waals surface area contributed by atoms with Gasteiger partial charge < -0.3 is 15.2 Å². The smallest absolute Gasteiger partial charge is 0.128 e. The predicted octanol–water partition coefficient (Wildman–Crippen LogP) is 5.00. The van der Waals surface area contributed by atoms with Crippen molar-refractivity contribution in [1.29, 1.82) is 0 Å². The zero-order chi connectivity index (χ0) is 21.7. The second-order valence-corrected chi connectivity index (χ2v) is 8.98. The van der Waals surface area contributed by atoms with E-state index in [4.69, 9.17) is 15.2 Å². The molecular weight excluding hydrogens is 568 g/mol. The minimum absolute atomic E-state index is 0. The molecule has 1 aliphatic heterocycles. The summed E-state index contributed by atoms with van der Waals surface area (Å²) in [4.78, 5) is 0. The molecule has 1 heterocycles. The van der Waals surface area contributed by atoms with Crippen LogP contribution in [0.25, 0.3) is 11.1 Å². The number of hydrogen-bond acceptors (Lipinski definition) is 3. The third-order valence-corrected chi connectivity index (χ3v) is 5.97. The van der Waals surface area contributed by atoms with E-state index >= 15 is 0 Å². The average molecular weight is 599 g/mol. The molecule has 0 saturated heterocycles. The van der Waals surface area contributed by atoms with Crippen molar-refractivity contribution in [1.82, 2.24) is 0 Å². The standard InChI is InChI=1S/C17H20O2P2.C8H11N.4Ar/c1-10-9-11(2)19-13-6-4-8-15(21)17(13)16-12(18-10)5-3-7-14(16)20;1-7(9)8-5-3-2-4-6-8;;;;/h3-8,10-11H,9,20-21H2,1-2H3;2-7H,9H2,1H3;;;;/t10-,11-;7-;;;;/m00..../s1. The van der Waals surface area contributed by atoms with Crippen LogP contribution in [0, 0.1) is 151 Å². The molecule has 0 spiro atoms. The van der Waals surface area contributed by atoms with Crippen LogP contribution in [-0.4, -0.2) is 12.2 Å². The Morgan fingerprint density at radius 2 is 1.12 bits per heavy atom. The van der Waals surface area contributed by atoms with Crippen LogP contribution in [0.4, 0.5) is 0 Å². The topological polar surface area (TPSA) is 44.5 Å². The average Bonchev–Trinajstić information content (AvgIpc) is 2.75. The van der Waals surface area contributed by atoms with Crippen molar-refractivity contribution in [2.45, 2.75) is 45.4 Å². The van der Waals surface area contributed by atoms with E-state index in [1.54, 1.807) is 0 Å². The summed E-state index contributed by atoms with van der Waals surface area (Å²) in [6.45, 7) is 6.17. The fraction of sp³-hybridized carbons (Fsp3) is 0.280. The molecule has 0 aliphatic carbocycles. The van der Waals surface area contributed by atoms with Gasteiger partial charge in [0.05, 0.1) is 12.2 Å². The summed E-state index contributed by atoms with van der Waals surface area (Å²) in [6, 6.07) is 22.5. The van der Waals surface area contributed by atoms with Crippen LogP contribution in [0.2, 0.25) is 0 Å². The first kappa shape index (κ1) is 39.3. The zero-order valence-electron chi connectivity index (χ0n) is 19.3. The molecule has 0 aromatic heterocycles. The van der Waals surface area contributed by atoms with Crippen molar-refractivity contribution in [2.24, 2.45) is 5.73 Å². The molecule has 0 amide bonds. The molecule has 34 heavy (non-hydrogen) atoms. The van der Waals surface area contributed by atoms with Gasteiger partial charge in [0.25, 0.3) is 0 Å². The second-order valence-electron chi connectivity index (χ2n) is 7.73. The number of rotatable bonds is 1. The Balaban J connectivity index is 0. The molecule has 2 N–H and O–H groups in total. The number of nitrogens with two attached hydrogens (primary N) is 1. The van der Waals surface area contributed by atoms with E-state index in [1.165, 1.54) is 5.56 Å². The summed E-state index contributed by atoms with van der Waals surface area (Å²) in [6.07, 6.45) is 1.10. The molecule has 2 unspecified atom stereocenters.